The molecule has 1 aliphatic carbocycles. The van der Waals surface area contributed by atoms with Gasteiger partial charge in [-0.2, -0.15) is 0 Å². The fraction of sp³-hybridized carbons (Fsp3) is 0.625. The van der Waals surface area contributed by atoms with Crippen molar-refractivity contribution < 1.29 is 14.2 Å². The number of hydrogen-bond donors (Lipinski definition) is 1. The number of nitrogens with zero attached hydrogens (tertiary/aromatic N) is 2. The molecule has 0 radical (unpaired) electrons. The average Bonchev–Trinajstić information content (AvgIpc) is 3.53. The van der Waals surface area contributed by atoms with E-state index in [4.69, 9.17) is 19.2 Å². The van der Waals surface area contributed by atoms with E-state index in [1.807, 2.05) is 0 Å². The first kappa shape index (κ1) is 19.9. The van der Waals surface area contributed by atoms with E-state index in [0.717, 1.165) is 68.3 Å². The van der Waals surface area contributed by atoms with Crippen molar-refractivity contribution >= 4 is 16.7 Å². The van der Waals surface area contributed by atoms with Crippen LogP contribution in [0.3, 0.4) is 0 Å². The van der Waals surface area contributed by atoms with E-state index in [0.29, 0.717) is 12.6 Å². The first-order chi connectivity index (χ1) is 14.8. The summed E-state index contributed by atoms with van der Waals surface area (Å²) in [5, 5.41) is 4.86. The quantitative estimate of drug-likeness (QED) is 0.667. The molecule has 2 saturated heterocycles. The number of methoxy groups -OCH3 is 1. The molecule has 1 N–H and O–H groups in total. The van der Waals surface area contributed by atoms with Gasteiger partial charge < -0.3 is 24.4 Å². The van der Waals surface area contributed by atoms with Gasteiger partial charge in [-0.3, -0.25) is 0 Å². The molecule has 0 unspecified atom stereocenters. The highest BCUT2D eigenvalue weighted by atomic mass is 16.5. The fourth-order valence-electron chi connectivity index (χ4n) is 5.08. The molecule has 0 amide bonds. The smallest absolute Gasteiger partial charge is 0.163 e. The summed E-state index contributed by atoms with van der Waals surface area (Å²) in [6, 6.07) is 4.56. The Bertz CT molecular complexity index is 889. The molecule has 6 nitrogen and oxygen atoms in total. The predicted octanol–water partition coefficient (Wildman–Crippen LogP) is 3.80. The second-order valence-electron chi connectivity index (χ2n) is 8.75. The van der Waals surface area contributed by atoms with Crippen LogP contribution in [0.5, 0.6) is 11.5 Å². The minimum Gasteiger partial charge on any atom is -0.493 e. The van der Waals surface area contributed by atoms with Gasteiger partial charge in [0.25, 0.3) is 0 Å². The molecule has 5 rings (SSSR count). The second-order valence-corrected chi connectivity index (χ2v) is 8.75. The first-order valence-corrected chi connectivity index (χ1v) is 11.5. The maximum atomic E-state index is 6.16. The molecule has 1 aromatic heterocycles. The number of pyridine rings is 1. The van der Waals surface area contributed by atoms with Crippen LogP contribution >= 0.6 is 0 Å². The molecule has 1 atom stereocenters. The lowest BCUT2D eigenvalue weighted by molar-refractivity contribution is 0.195. The Morgan fingerprint density at radius 3 is 2.80 bits per heavy atom. The van der Waals surface area contributed by atoms with Crippen molar-refractivity contribution in [3.63, 3.8) is 0 Å². The number of ether oxygens (including phenoxy) is 3. The van der Waals surface area contributed by atoms with Crippen molar-refractivity contribution in [3.8, 4) is 11.5 Å². The maximum absolute atomic E-state index is 6.16. The Morgan fingerprint density at radius 2 is 2.00 bits per heavy atom. The van der Waals surface area contributed by atoms with Crippen molar-refractivity contribution in [1.29, 1.82) is 0 Å². The Hall–Kier alpha value is -2.05. The molecule has 2 fully saturated rings. The van der Waals surface area contributed by atoms with Gasteiger partial charge in [0.1, 0.15) is 5.82 Å². The van der Waals surface area contributed by atoms with Crippen LogP contribution in [0.4, 0.5) is 5.82 Å². The molecule has 1 aromatic carbocycles. The van der Waals surface area contributed by atoms with Crippen LogP contribution in [0.2, 0.25) is 0 Å². The third kappa shape index (κ3) is 4.08. The summed E-state index contributed by atoms with van der Waals surface area (Å²) in [5.41, 5.74) is 3.78. The normalized spacial score (nSPS) is 21.3. The lowest BCUT2D eigenvalue weighted by atomic mass is 10.0. The summed E-state index contributed by atoms with van der Waals surface area (Å²) in [6.45, 7) is 5.88. The first-order valence-electron chi connectivity index (χ1n) is 11.5. The van der Waals surface area contributed by atoms with Crippen molar-refractivity contribution in [1.82, 2.24) is 9.88 Å². The molecule has 2 aliphatic heterocycles. The molecular formula is C24H33N3O3. The number of nitrogens with one attached hydrogen (secondary N) is 1. The van der Waals surface area contributed by atoms with E-state index >= 15 is 0 Å². The number of benzene rings is 1. The Balaban J connectivity index is 1.38. The molecule has 30 heavy (non-hydrogen) atoms. The highest BCUT2D eigenvalue weighted by molar-refractivity contribution is 5.89. The largest absolute Gasteiger partial charge is 0.493 e. The SMILES string of the molecule is COc1cc2c3c(c(N[C@@H]4CCOC4)nc2cc1OCCCN1CCCC1)CCC3. The van der Waals surface area contributed by atoms with Crippen LogP contribution < -0.4 is 14.8 Å². The number of hydrogen-bond acceptors (Lipinski definition) is 6. The van der Waals surface area contributed by atoms with Crippen molar-refractivity contribution in [2.75, 3.05) is 51.9 Å². The minimum atomic E-state index is 0.360. The van der Waals surface area contributed by atoms with Gasteiger partial charge >= 0.3 is 0 Å². The average molecular weight is 412 g/mol. The molecule has 2 aromatic rings. The molecule has 162 valence electrons. The predicted molar refractivity (Wildman–Crippen MR) is 119 cm³/mol. The second kappa shape index (κ2) is 8.98. The van der Waals surface area contributed by atoms with E-state index in [9.17, 15) is 0 Å². The highest BCUT2D eigenvalue weighted by Crippen LogP contribution is 2.39. The zero-order chi connectivity index (χ0) is 20.3. The van der Waals surface area contributed by atoms with E-state index in [-0.39, 0.29) is 0 Å². The third-order valence-electron chi connectivity index (χ3n) is 6.69. The summed E-state index contributed by atoms with van der Waals surface area (Å²) in [4.78, 5) is 7.55. The van der Waals surface area contributed by atoms with Gasteiger partial charge in [0.2, 0.25) is 0 Å². The summed E-state index contributed by atoms with van der Waals surface area (Å²) >= 11 is 0. The van der Waals surface area contributed by atoms with Gasteiger partial charge in [0.15, 0.2) is 11.5 Å². The lowest BCUT2D eigenvalue weighted by Gasteiger charge is -2.19. The maximum Gasteiger partial charge on any atom is 0.163 e. The number of fused-ring (bicyclic) bond motifs is 3. The molecule has 3 aliphatic rings. The van der Waals surface area contributed by atoms with Gasteiger partial charge in [-0.05, 0) is 75.2 Å². The van der Waals surface area contributed by atoms with Crippen LogP contribution in [-0.4, -0.2) is 62.5 Å². The Kier molecular flexibility index (Phi) is 5.95. The van der Waals surface area contributed by atoms with E-state index < -0.39 is 0 Å². The monoisotopic (exact) mass is 411 g/mol. The van der Waals surface area contributed by atoms with Gasteiger partial charge in [0, 0.05) is 24.6 Å². The number of aryl methyl sites for hydroxylation is 1. The molecule has 3 heterocycles. The van der Waals surface area contributed by atoms with Gasteiger partial charge in [0.05, 0.1) is 31.9 Å². The van der Waals surface area contributed by atoms with Gasteiger partial charge in [-0.15, -0.1) is 0 Å². The Labute approximate surface area is 178 Å². The van der Waals surface area contributed by atoms with Gasteiger partial charge in [-0.1, -0.05) is 0 Å². The highest BCUT2D eigenvalue weighted by Gasteiger charge is 2.24. The van der Waals surface area contributed by atoms with Gasteiger partial charge in [-0.25, -0.2) is 4.98 Å². The number of aromatic nitrogens is 1. The van der Waals surface area contributed by atoms with Crippen molar-refractivity contribution in [3.05, 3.63) is 23.3 Å². The fourth-order valence-corrected chi connectivity index (χ4v) is 5.08. The summed E-state index contributed by atoms with van der Waals surface area (Å²) in [6.07, 6.45) is 8.12. The molecule has 0 bridgehead atoms. The van der Waals surface area contributed by atoms with Crippen LogP contribution in [0, 0.1) is 0 Å². The van der Waals surface area contributed by atoms with E-state index in [1.54, 1.807) is 7.11 Å². The Morgan fingerprint density at radius 1 is 1.13 bits per heavy atom. The zero-order valence-electron chi connectivity index (χ0n) is 18.0. The molecule has 6 heteroatoms. The van der Waals surface area contributed by atoms with E-state index in [1.165, 1.54) is 48.9 Å². The van der Waals surface area contributed by atoms with Crippen LogP contribution in [0.1, 0.15) is 43.2 Å². The topological polar surface area (TPSA) is 55.9 Å². The van der Waals surface area contributed by atoms with Crippen molar-refractivity contribution in [2.45, 2.75) is 51.0 Å². The standard InChI is InChI=1S/C24H33N3O3/c1-28-22-14-20-18-6-4-7-19(18)24(25-17-8-13-29-16-17)26-21(20)15-23(22)30-12-5-11-27-9-2-3-10-27/h14-15,17H,2-13,16H2,1H3,(H,25,26)/t17-/m1/s1. The minimum absolute atomic E-state index is 0.360. The summed E-state index contributed by atoms with van der Waals surface area (Å²) in [5.74, 6) is 2.65. The number of anilines is 1. The van der Waals surface area contributed by atoms with Crippen LogP contribution in [0.15, 0.2) is 12.1 Å². The molecular weight excluding hydrogens is 378 g/mol. The molecule has 0 saturated carbocycles. The molecule has 0 spiro atoms. The third-order valence-corrected chi connectivity index (χ3v) is 6.69. The number of likely N-dealkylation sites (tertiary alicyclic amines) is 1. The lowest BCUT2D eigenvalue weighted by Crippen LogP contribution is -2.22. The van der Waals surface area contributed by atoms with E-state index in [2.05, 4.69) is 22.3 Å². The van der Waals surface area contributed by atoms with Crippen LogP contribution in [0.25, 0.3) is 10.9 Å². The zero-order valence-corrected chi connectivity index (χ0v) is 18.0. The van der Waals surface area contributed by atoms with Crippen LogP contribution in [-0.2, 0) is 17.6 Å². The summed E-state index contributed by atoms with van der Waals surface area (Å²) in [7, 11) is 1.72. The number of rotatable bonds is 8. The van der Waals surface area contributed by atoms with Crippen molar-refractivity contribution in [2.24, 2.45) is 0 Å². The summed E-state index contributed by atoms with van der Waals surface area (Å²) < 4.78 is 17.4.